The zero-order valence-corrected chi connectivity index (χ0v) is 13.7. The Morgan fingerprint density at radius 2 is 1.71 bits per heavy atom. The Bertz CT molecular complexity index is 424. The second kappa shape index (κ2) is 8.61. The highest BCUT2D eigenvalue weighted by Gasteiger charge is 2.10. The molecule has 1 rings (SSSR count). The van der Waals surface area contributed by atoms with Gasteiger partial charge in [0.2, 0.25) is 17.8 Å². The summed E-state index contributed by atoms with van der Waals surface area (Å²) in [6.45, 7) is 7.50. The highest BCUT2D eigenvalue weighted by atomic mass is 16.3. The van der Waals surface area contributed by atoms with Crippen molar-refractivity contribution in [1.82, 2.24) is 15.0 Å². The monoisotopic (exact) mass is 296 g/mol. The Labute approximate surface area is 127 Å². The fraction of sp³-hybridized carbons (Fsp3) is 0.786. The van der Waals surface area contributed by atoms with Crippen LogP contribution in [-0.4, -0.2) is 53.3 Å². The Hall–Kier alpha value is -1.63. The standard InChI is InChI=1S/C14H28N6O/c1-6-7-15-12-17-13(19-14(18-12)20(4)5)16-9-11(21)8-10(2)3/h10-11,21H,6-9H2,1-5H3,(H2,15,16,17,18,19). The van der Waals surface area contributed by atoms with Gasteiger partial charge in [-0.25, -0.2) is 0 Å². The lowest BCUT2D eigenvalue weighted by atomic mass is 10.1. The number of rotatable bonds is 9. The molecule has 0 aromatic carbocycles. The fourth-order valence-corrected chi connectivity index (χ4v) is 1.80. The van der Waals surface area contributed by atoms with Crippen molar-refractivity contribution in [2.24, 2.45) is 5.92 Å². The molecule has 0 amide bonds. The normalized spacial score (nSPS) is 12.3. The number of aliphatic hydroxyl groups is 1. The predicted molar refractivity (Wildman–Crippen MR) is 86.9 cm³/mol. The van der Waals surface area contributed by atoms with Crippen LogP contribution in [0.5, 0.6) is 0 Å². The lowest BCUT2D eigenvalue weighted by Crippen LogP contribution is -2.23. The lowest BCUT2D eigenvalue weighted by Gasteiger charge is -2.16. The van der Waals surface area contributed by atoms with Crippen molar-refractivity contribution in [2.75, 3.05) is 42.7 Å². The molecule has 0 radical (unpaired) electrons. The van der Waals surface area contributed by atoms with E-state index < -0.39 is 6.10 Å². The van der Waals surface area contributed by atoms with Gasteiger partial charge in [0.25, 0.3) is 0 Å². The summed E-state index contributed by atoms with van der Waals surface area (Å²) in [5.41, 5.74) is 0. The zero-order valence-electron chi connectivity index (χ0n) is 13.7. The van der Waals surface area contributed by atoms with Crippen molar-refractivity contribution >= 4 is 17.8 Å². The van der Waals surface area contributed by atoms with Gasteiger partial charge in [0, 0.05) is 27.2 Å². The van der Waals surface area contributed by atoms with E-state index in [2.05, 4.69) is 46.4 Å². The van der Waals surface area contributed by atoms with Crippen LogP contribution >= 0.6 is 0 Å². The molecule has 0 spiro atoms. The van der Waals surface area contributed by atoms with Gasteiger partial charge in [0.1, 0.15) is 0 Å². The number of nitrogens with zero attached hydrogens (tertiary/aromatic N) is 4. The summed E-state index contributed by atoms with van der Waals surface area (Å²) in [5.74, 6) is 2.08. The molecule has 0 aliphatic rings. The molecule has 0 fully saturated rings. The van der Waals surface area contributed by atoms with Crippen LogP contribution in [0, 0.1) is 5.92 Å². The fourth-order valence-electron chi connectivity index (χ4n) is 1.80. The predicted octanol–water partition coefficient (Wildman–Crippen LogP) is 1.58. The minimum atomic E-state index is -0.406. The Morgan fingerprint density at radius 1 is 1.10 bits per heavy atom. The van der Waals surface area contributed by atoms with Gasteiger partial charge < -0.3 is 20.6 Å². The van der Waals surface area contributed by atoms with Crippen molar-refractivity contribution in [3.8, 4) is 0 Å². The minimum Gasteiger partial charge on any atom is -0.391 e. The Kier molecular flexibility index (Phi) is 7.14. The van der Waals surface area contributed by atoms with Gasteiger partial charge in [-0.05, 0) is 18.8 Å². The second-order valence-corrected chi connectivity index (χ2v) is 5.77. The molecule has 0 aliphatic carbocycles. The molecule has 3 N–H and O–H groups in total. The van der Waals surface area contributed by atoms with Crippen molar-refractivity contribution < 1.29 is 5.11 Å². The summed E-state index contributed by atoms with van der Waals surface area (Å²) in [6.07, 6.45) is 1.34. The quantitative estimate of drug-likeness (QED) is 0.638. The molecular formula is C14H28N6O. The summed E-state index contributed by atoms with van der Waals surface area (Å²) < 4.78 is 0. The van der Waals surface area contributed by atoms with Gasteiger partial charge in [-0.3, -0.25) is 0 Å². The number of hydrogen-bond acceptors (Lipinski definition) is 7. The average molecular weight is 296 g/mol. The number of nitrogens with one attached hydrogen (secondary N) is 2. The van der Waals surface area contributed by atoms with Crippen LogP contribution in [0.15, 0.2) is 0 Å². The maximum Gasteiger partial charge on any atom is 0.231 e. The number of hydrogen-bond donors (Lipinski definition) is 3. The first kappa shape index (κ1) is 17.4. The van der Waals surface area contributed by atoms with Crippen LogP contribution in [0.4, 0.5) is 17.8 Å². The average Bonchev–Trinajstić information content (AvgIpc) is 2.42. The summed E-state index contributed by atoms with van der Waals surface area (Å²) in [7, 11) is 3.77. The van der Waals surface area contributed by atoms with E-state index in [-0.39, 0.29) is 0 Å². The molecule has 7 nitrogen and oxygen atoms in total. The summed E-state index contributed by atoms with van der Waals surface area (Å²) in [4.78, 5) is 14.8. The first-order valence-electron chi connectivity index (χ1n) is 7.51. The third-order valence-electron chi connectivity index (χ3n) is 2.80. The molecule has 1 aromatic rings. The minimum absolute atomic E-state index is 0.406. The largest absolute Gasteiger partial charge is 0.391 e. The van der Waals surface area contributed by atoms with E-state index in [0.29, 0.717) is 30.3 Å². The first-order valence-corrected chi connectivity index (χ1v) is 7.51. The van der Waals surface area contributed by atoms with Gasteiger partial charge in [-0.2, -0.15) is 15.0 Å². The molecule has 0 bridgehead atoms. The molecule has 1 unspecified atom stereocenters. The topological polar surface area (TPSA) is 86.2 Å². The highest BCUT2D eigenvalue weighted by molar-refractivity contribution is 5.42. The van der Waals surface area contributed by atoms with E-state index in [9.17, 15) is 5.11 Å². The summed E-state index contributed by atoms with van der Waals surface area (Å²) in [5, 5.41) is 16.2. The Morgan fingerprint density at radius 3 is 2.24 bits per heavy atom. The van der Waals surface area contributed by atoms with Gasteiger partial charge in [0.05, 0.1) is 6.10 Å². The summed E-state index contributed by atoms with van der Waals surface area (Å²) in [6, 6.07) is 0. The third kappa shape index (κ3) is 6.57. The number of anilines is 3. The molecule has 120 valence electrons. The van der Waals surface area contributed by atoms with E-state index >= 15 is 0 Å². The van der Waals surface area contributed by atoms with Gasteiger partial charge in [0.15, 0.2) is 0 Å². The third-order valence-corrected chi connectivity index (χ3v) is 2.80. The maximum atomic E-state index is 9.91. The molecule has 1 aromatic heterocycles. The van der Waals surface area contributed by atoms with Crippen LogP contribution < -0.4 is 15.5 Å². The molecule has 0 aliphatic heterocycles. The molecular weight excluding hydrogens is 268 g/mol. The van der Waals surface area contributed by atoms with Gasteiger partial charge >= 0.3 is 0 Å². The maximum absolute atomic E-state index is 9.91. The molecule has 0 saturated carbocycles. The smallest absolute Gasteiger partial charge is 0.231 e. The van der Waals surface area contributed by atoms with Crippen molar-refractivity contribution in [2.45, 2.75) is 39.7 Å². The molecule has 1 heterocycles. The van der Waals surface area contributed by atoms with E-state index in [0.717, 1.165) is 19.4 Å². The SMILES string of the molecule is CCCNc1nc(NCC(O)CC(C)C)nc(N(C)C)n1. The van der Waals surface area contributed by atoms with Crippen molar-refractivity contribution in [3.63, 3.8) is 0 Å². The van der Waals surface area contributed by atoms with E-state index in [4.69, 9.17) is 0 Å². The second-order valence-electron chi connectivity index (χ2n) is 5.77. The van der Waals surface area contributed by atoms with E-state index in [1.165, 1.54) is 0 Å². The van der Waals surface area contributed by atoms with Crippen molar-refractivity contribution in [1.29, 1.82) is 0 Å². The van der Waals surface area contributed by atoms with Crippen LogP contribution in [0.2, 0.25) is 0 Å². The zero-order chi connectivity index (χ0) is 15.8. The van der Waals surface area contributed by atoms with Crippen LogP contribution in [-0.2, 0) is 0 Å². The van der Waals surface area contributed by atoms with Crippen LogP contribution in [0.1, 0.15) is 33.6 Å². The molecule has 21 heavy (non-hydrogen) atoms. The van der Waals surface area contributed by atoms with E-state index in [1.807, 2.05) is 19.0 Å². The van der Waals surface area contributed by atoms with E-state index in [1.54, 1.807) is 0 Å². The van der Waals surface area contributed by atoms with Crippen molar-refractivity contribution in [3.05, 3.63) is 0 Å². The highest BCUT2D eigenvalue weighted by Crippen LogP contribution is 2.12. The molecule has 7 heteroatoms. The molecule has 1 atom stereocenters. The summed E-state index contributed by atoms with van der Waals surface area (Å²) >= 11 is 0. The molecule has 0 saturated heterocycles. The van der Waals surface area contributed by atoms with Gasteiger partial charge in [-0.1, -0.05) is 20.8 Å². The van der Waals surface area contributed by atoms with Crippen LogP contribution in [0.25, 0.3) is 0 Å². The number of aromatic nitrogens is 3. The van der Waals surface area contributed by atoms with Gasteiger partial charge in [-0.15, -0.1) is 0 Å². The number of aliphatic hydroxyl groups excluding tert-OH is 1. The first-order chi connectivity index (χ1) is 9.92. The Balaban J connectivity index is 2.73. The van der Waals surface area contributed by atoms with Crippen LogP contribution in [0.3, 0.4) is 0 Å². The lowest BCUT2D eigenvalue weighted by molar-refractivity contribution is 0.161.